The fourth-order valence-corrected chi connectivity index (χ4v) is 2.02. The van der Waals surface area contributed by atoms with Crippen LogP contribution in [0.15, 0.2) is 24.5 Å². The Morgan fingerprint density at radius 2 is 1.91 bits per heavy atom. The fourth-order valence-electron chi connectivity index (χ4n) is 2.02. The molecular weight excluding hydrogens is 290 g/mol. The maximum absolute atomic E-state index is 11.3. The van der Waals surface area contributed by atoms with Gasteiger partial charge < -0.3 is 20.9 Å². The summed E-state index contributed by atoms with van der Waals surface area (Å²) in [5.41, 5.74) is 6.32. The highest BCUT2D eigenvalue weighted by Gasteiger charge is 2.18. The first-order valence-electron chi connectivity index (χ1n) is 6.05. The number of carboxylic acid groups (broad SMARTS) is 2. The molecule has 9 heteroatoms. The summed E-state index contributed by atoms with van der Waals surface area (Å²) < 4.78 is 0. The van der Waals surface area contributed by atoms with Crippen LogP contribution in [-0.2, 0) is 0 Å². The number of nitrogens with zero attached hydrogens (tertiary/aromatic N) is 3. The average molecular weight is 299 g/mol. The highest BCUT2D eigenvalue weighted by Crippen LogP contribution is 2.25. The van der Waals surface area contributed by atoms with E-state index in [0.717, 1.165) is 0 Å². The minimum Gasteiger partial charge on any atom is -0.478 e. The van der Waals surface area contributed by atoms with E-state index in [1.807, 2.05) is 0 Å². The molecule has 9 nitrogen and oxygen atoms in total. The van der Waals surface area contributed by atoms with E-state index in [1.54, 1.807) is 0 Å². The number of nitrogens with two attached hydrogens (primary N) is 1. The van der Waals surface area contributed by atoms with Crippen molar-refractivity contribution in [3.05, 3.63) is 35.7 Å². The first-order valence-corrected chi connectivity index (χ1v) is 6.05. The molecule has 0 saturated carbocycles. The zero-order valence-electron chi connectivity index (χ0n) is 10.9. The third kappa shape index (κ3) is 2.10. The molecule has 3 rings (SSSR count). The number of carboxylic acids is 2. The summed E-state index contributed by atoms with van der Waals surface area (Å²) in [6.07, 6.45) is 1.38. The van der Waals surface area contributed by atoms with E-state index in [0.29, 0.717) is 5.52 Å². The first-order chi connectivity index (χ1) is 10.5. The maximum Gasteiger partial charge on any atom is 0.336 e. The Labute approximate surface area is 122 Å². The van der Waals surface area contributed by atoms with Gasteiger partial charge in [-0.15, -0.1) is 0 Å². The van der Waals surface area contributed by atoms with E-state index in [1.165, 1.54) is 24.5 Å². The molecule has 2 heterocycles. The normalized spacial score (nSPS) is 10.7. The quantitative estimate of drug-likeness (QED) is 0.558. The first kappa shape index (κ1) is 13.5. The third-order valence-corrected chi connectivity index (χ3v) is 3.05. The van der Waals surface area contributed by atoms with Crippen LogP contribution in [0.5, 0.6) is 0 Å². The molecule has 0 aliphatic carbocycles. The van der Waals surface area contributed by atoms with Crippen LogP contribution in [0.3, 0.4) is 0 Å². The Bertz CT molecular complexity index is 918. The molecule has 1 aromatic carbocycles. The zero-order chi connectivity index (χ0) is 15.9. The van der Waals surface area contributed by atoms with Crippen LogP contribution in [0.4, 0.5) is 5.82 Å². The molecule has 0 radical (unpaired) electrons. The maximum atomic E-state index is 11.3. The molecule has 22 heavy (non-hydrogen) atoms. The van der Waals surface area contributed by atoms with Crippen molar-refractivity contribution in [2.24, 2.45) is 0 Å². The van der Waals surface area contributed by atoms with Crippen LogP contribution < -0.4 is 5.73 Å². The Balaban J connectivity index is 2.29. The van der Waals surface area contributed by atoms with Gasteiger partial charge >= 0.3 is 11.9 Å². The lowest BCUT2D eigenvalue weighted by molar-refractivity contribution is 0.0682. The number of imidazole rings is 1. The highest BCUT2D eigenvalue weighted by molar-refractivity contribution is 5.98. The van der Waals surface area contributed by atoms with Gasteiger partial charge in [0, 0.05) is 5.56 Å². The number of nitrogen functional groups attached to an aromatic ring is 1. The van der Waals surface area contributed by atoms with Crippen molar-refractivity contribution < 1.29 is 19.8 Å². The van der Waals surface area contributed by atoms with Gasteiger partial charge in [0.1, 0.15) is 5.52 Å². The molecule has 0 aliphatic rings. The van der Waals surface area contributed by atoms with Gasteiger partial charge in [0.15, 0.2) is 17.3 Å². The summed E-state index contributed by atoms with van der Waals surface area (Å²) in [5.74, 6) is -2.32. The minimum absolute atomic E-state index is 0.00222. The molecule has 5 N–H and O–H groups in total. The van der Waals surface area contributed by atoms with Crippen LogP contribution in [0, 0.1) is 0 Å². The summed E-state index contributed by atoms with van der Waals surface area (Å²) in [5, 5.41) is 18.3. The lowest BCUT2D eigenvalue weighted by atomic mass is 10.0. The number of anilines is 1. The van der Waals surface area contributed by atoms with Crippen LogP contribution in [0.1, 0.15) is 20.7 Å². The lowest BCUT2D eigenvalue weighted by Crippen LogP contribution is -2.06. The number of aromatic carboxylic acids is 2. The average Bonchev–Trinajstić information content (AvgIpc) is 2.95. The molecule has 0 fully saturated rings. The molecule has 0 saturated heterocycles. The van der Waals surface area contributed by atoms with Gasteiger partial charge in [-0.1, -0.05) is 0 Å². The van der Waals surface area contributed by atoms with Gasteiger partial charge in [-0.2, -0.15) is 0 Å². The number of nitrogens with one attached hydrogen (secondary N) is 1. The van der Waals surface area contributed by atoms with Crippen LogP contribution >= 0.6 is 0 Å². The Morgan fingerprint density at radius 3 is 2.59 bits per heavy atom. The fraction of sp³-hybridized carbons (Fsp3) is 0. The second-order valence-electron chi connectivity index (χ2n) is 4.40. The monoisotopic (exact) mass is 299 g/mol. The van der Waals surface area contributed by atoms with Gasteiger partial charge in [-0.25, -0.2) is 24.5 Å². The van der Waals surface area contributed by atoms with Crippen molar-refractivity contribution >= 4 is 28.9 Å². The number of fused-ring (bicyclic) bond motifs is 1. The van der Waals surface area contributed by atoms with E-state index in [2.05, 4.69) is 19.9 Å². The van der Waals surface area contributed by atoms with E-state index >= 15 is 0 Å². The topological polar surface area (TPSA) is 155 Å². The second-order valence-corrected chi connectivity index (χ2v) is 4.40. The highest BCUT2D eigenvalue weighted by atomic mass is 16.4. The Morgan fingerprint density at radius 1 is 1.14 bits per heavy atom. The molecule has 0 bridgehead atoms. The van der Waals surface area contributed by atoms with Crippen LogP contribution in [0.2, 0.25) is 0 Å². The van der Waals surface area contributed by atoms with E-state index < -0.39 is 11.9 Å². The molecular formula is C13H9N5O4. The van der Waals surface area contributed by atoms with Crippen molar-refractivity contribution in [3.63, 3.8) is 0 Å². The predicted octanol–water partition coefficient (Wildman–Crippen LogP) is 0.999. The van der Waals surface area contributed by atoms with Crippen molar-refractivity contribution in [3.8, 4) is 11.4 Å². The third-order valence-electron chi connectivity index (χ3n) is 3.05. The van der Waals surface area contributed by atoms with Gasteiger partial charge in [0.05, 0.1) is 17.5 Å². The molecule has 0 atom stereocenters. The Hall–Kier alpha value is -3.49. The van der Waals surface area contributed by atoms with Gasteiger partial charge in [-0.05, 0) is 18.2 Å². The number of hydrogen-bond donors (Lipinski definition) is 4. The molecule has 2 aromatic heterocycles. The van der Waals surface area contributed by atoms with Crippen molar-refractivity contribution in [2.45, 2.75) is 0 Å². The number of rotatable bonds is 3. The van der Waals surface area contributed by atoms with Crippen LogP contribution in [-0.4, -0.2) is 42.1 Å². The van der Waals surface area contributed by atoms with E-state index in [-0.39, 0.29) is 34.0 Å². The Kier molecular flexibility index (Phi) is 2.95. The standard InChI is InChI=1S/C13H9N5O4/c14-9-8-11(16-4-15-8)18-10(17-9)7-3-5(12(19)20)1-2-6(7)13(21)22/h1-4H,(H,19,20)(H,21,22)(H3,14,15,16,17,18). The smallest absolute Gasteiger partial charge is 0.336 e. The molecule has 0 amide bonds. The molecule has 0 aliphatic heterocycles. The van der Waals surface area contributed by atoms with Crippen molar-refractivity contribution in [1.29, 1.82) is 0 Å². The minimum atomic E-state index is -1.23. The van der Waals surface area contributed by atoms with E-state index in [4.69, 9.17) is 10.8 Å². The predicted molar refractivity (Wildman–Crippen MR) is 75.5 cm³/mol. The summed E-state index contributed by atoms with van der Waals surface area (Å²) in [6, 6.07) is 3.58. The lowest BCUT2D eigenvalue weighted by Gasteiger charge is -2.07. The molecule has 3 aromatic rings. The summed E-state index contributed by atoms with van der Waals surface area (Å²) >= 11 is 0. The van der Waals surface area contributed by atoms with Gasteiger partial charge in [-0.3, -0.25) is 0 Å². The van der Waals surface area contributed by atoms with Gasteiger partial charge in [0.25, 0.3) is 0 Å². The number of H-pyrrole nitrogens is 1. The SMILES string of the molecule is Nc1nc(-c2cc(C(=O)O)ccc2C(=O)O)nc2nc[nH]c12. The summed E-state index contributed by atoms with van der Waals surface area (Å²) in [6.45, 7) is 0. The largest absolute Gasteiger partial charge is 0.478 e. The molecule has 110 valence electrons. The second kappa shape index (κ2) is 4.81. The number of hydrogen-bond acceptors (Lipinski definition) is 6. The zero-order valence-corrected chi connectivity index (χ0v) is 10.9. The van der Waals surface area contributed by atoms with Crippen molar-refractivity contribution in [2.75, 3.05) is 5.73 Å². The van der Waals surface area contributed by atoms with Crippen LogP contribution in [0.25, 0.3) is 22.6 Å². The van der Waals surface area contributed by atoms with Gasteiger partial charge in [0.2, 0.25) is 0 Å². The number of benzene rings is 1. The van der Waals surface area contributed by atoms with Crippen molar-refractivity contribution in [1.82, 2.24) is 19.9 Å². The number of aromatic amines is 1. The number of carbonyl (C=O) groups is 2. The van der Waals surface area contributed by atoms with E-state index in [9.17, 15) is 14.7 Å². The number of aromatic nitrogens is 4. The summed E-state index contributed by atoms with van der Waals surface area (Å²) in [7, 11) is 0. The molecule has 0 spiro atoms. The summed E-state index contributed by atoms with van der Waals surface area (Å²) in [4.78, 5) is 37.2. The molecule has 0 unspecified atom stereocenters.